The van der Waals surface area contributed by atoms with Crippen LogP contribution in [0.25, 0.3) is 0 Å². The first kappa shape index (κ1) is 24.1. The second kappa shape index (κ2) is 10.4. The number of halogens is 2. The van der Waals surface area contributed by atoms with Gasteiger partial charge in [0.25, 0.3) is 5.91 Å². The maximum Gasteiger partial charge on any atom is 0.254 e. The molecular formula is C24H25F2N3O4. The molecule has 1 aliphatic rings. The molecule has 2 aromatic carbocycles. The van der Waals surface area contributed by atoms with Crippen LogP contribution in [-0.2, 0) is 14.4 Å². The molecule has 0 spiro atoms. The van der Waals surface area contributed by atoms with Gasteiger partial charge in [-0.15, -0.1) is 0 Å². The van der Waals surface area contributed by atoms with Crippen LogP contribution in [0.2, 0.25) is 0 Å². The fraction of sp³-hybridized carbons (Fsp3) is 0.292. The summed E-state index contributed by atoms with van der Waals surface area (Å²) in [6.45, 7) is 1.77. The minimum absolute atomic E-state index is 0.285. The molecule has 4 atom stereocenters. The molecule has 0 radical (unpaired) electrons. The molecule has 0 fully saturated rings. The first-order chi connectivity index (χ1) is 15.7. The third-order valence-electron chi connectivity index (χ3n) is 5.41. The first-order valence-electron chi connectivity index (χ1n) is 10.4. The Balaban J connectivity index is 1.72. The number of likely N-dealkylation sites (N-methyl/N-ethyl adjacent to an activating group) is 1. The Bertz CT molecular complexity index is 1040. The van der Waals surface area contributed by atoms with Crippen molar-refractivity contribution in [2.45, 2.75) is 31.0 Å². The van der Waals surface area contributed by atoms with Crippen LogP contribution in [0.15, 0.2) is 60.7 Å². The van der Waals surface area contributed by atoms with Gasteiger partial charge < -0.3 is 20.6 Å². The van der Waals surface area contributed by atoms with E-state index >= 15 is 0 Å². The second-order valence-corrected chi connectivity index (χ2v) is 7.91. The van der Waals surface area contributed by atoms with Crippen molar-refractivity contribution in [3.05, 3.63) is 83.4 Å². The maximum absolute atomic E-state index is 13.4. The van der Waals surface area contributed by atoms with E-state index in [-0.39, 0.29) is 11.5 Å². The molecule has 0 aliphatic carbocycles. The number of benzene rings is 2. The lowest BCUT2D eigenvalue weighted by Gasteiger charge is -2.28. The Labute approximate surface area is 190 Å². The Morgan fingerprint density at radius 2 is 1.73 bits per heavy atom. The van der Waals surface area contributed by atoms with E-state index in [0.717, 1.165) is 17.7 Å². The lowest BCUT2D eigenvalue weighted by Crippen LogP contribution is -2.54. The van der Waals surface area contributed by atoms with E-state index in [0.29, 0.717) is 12.6 Å². The van der Waals surface area contributed by atoms with Crippen LogP contribution in [0.4, 0.5) is 8.78 Å². The van der Waals surface area contributed by atoms with E-state index in [9.17, 15) is 28.3 Å². The summed E-state index contributed by atoms with van der Waals surface area (Å²) in [5, 5.41) is 15.2. The number of carbonyl (C=O) groups is 3. The van der Waals surface area contributed by atoms with Gasteiger partial charge >= 0.3 is 0 Å². The molecule has 3 N–H and O–H groups in total. The van der Waals surface area contributed by atoms with Crippen LogP contribution < -0.4 is 10.6 Å². The van der Waals surface area contributed by atoms with Gasteiger partial charge in [-0.2, -0.15) is 0 Å². The Morgan fingerprint density at radius 1 is 1.09 bits per heavy atom. The van der Waals surface area contributed by atoms with Gasteiger partial charge in [0, 0.05) is 25.6 Å². The van der Waals surface area contributed by atoms with Gasteiger partial charge in [-0.1, -0.05) is 42.5 Å². The lowest BCUT2D eigenvalue weighted by molar-refractivity contribution is -0.137. The van der Waals surface area contributed by atoms with Crippen molar-refractivity contribution in [3.8, 4) is 0 Å². The molecule has 9 heteroatoms. The monoisotopic (exact) mass is 457 g/mol. The maximum atomic E-state index is 13.4. The standard InChI is InChI=1S/C24H25F2N3O4/c1-14(27-23(32)21(30)16-11-17(25)13-18(26)12-16)22(31)28-20-19(15-7-4-3-5-8-15)9-6-10-29(2)24(20)33/h3-9,11-14,19-21,30H,10H2,1-2H3,(H,27,32)(H,28,31)/t14-,19+,20-,21+/m0/s1. The molecule has 174 valence electrons. The summed E-state index contributed by atoms with van der Waals surface area (Å²) >= 11 is 0. The molecular weight excluding hydrogens is 432 g/mol. The van der Waals surface area contributed by atoms with Gasteiger partial charge in [-0.25, -0.2) is 8.78 Å². The number of aliphatic hydroxyl groups excluding tert-OH is 1. The smallest absolute Gasteiger partial charge is 0.254 e. The minimum Gasteiger partial charge on any atom is -0.378 e. The topological polar surface area (TPSA) is 98.7 Å². The predicted octanol–water partition coefficient (Wildman–Crippen LogP) is 1.80. The minimum atomic E-state index is -1.88. The highest BCUT2D eigenvalue weighted by Crippen LogP contribution is 2.25. The molecule has 1 aliphatic heterocycles. The van der Waals surface area contributed by atoms with E-state index in [1.807, 2.05) is 42.5 Å². The molecule has 0 unspecified atom stereocenters. The number of amides is 3. The predicted molar refractivity (Wildman–Crippen MR) is 117 cm³/mol. The highest BCUT2D eigenvalue weighted by Gasteiger charge is 2.34. The largest absolute Gasteiger partial charge is 0.378 e. The molecule has 0 saturated carbocycles. The summed E-state index contributed by atoms with van der Waals surface area (Å²) in [5.41, 5.74) is 0.551. The summed E-state index contributed by atoms with van der Waals surface area (Å²) in [5.74, 6) is -4.26. The van der Waals surface area contributed by atoms with Crippen molar-refractivity contribution in [2.24, 2.45) is 0 Å². The van der Waals surface area contributed by atoms with Crippen LogP contribution in [0, 0.1) is 11.6 Å². The van der Waals surface area contributed by atoms with Gasteiger partial charge in [0.1, 0.15) is 23.7 Å². The molecule has 2 aromatic rings. The quantitative estimate of drug-likeness (QED) is 0.576. The van der Waals surface area contributed by atoms with Gasteiger partial charge in [0.15, 0.2) is 6.10 Å². The summed E-state index contributed by atoms with van der Waals surface area (Å²) in [6, 6.07) is 9.45. The van der Waals surface area contributed by atoms with Crippen molar-refractivity contribution in [1.82, 2.24) is 15.5 Å². The highest BCUT2D eigenvalue weighted by atomic mass is 19.1. The van der Waals surface area contributed by atoms with E-state index in [2.05, 4.69) is 10.6 Å². The van der Waals surface area contributed by atoms with Crippen LogP contribution >= 0.6 is 0 Å². The Hall–Kier alpha value is -3.59. The van der Waals surface area contributed by atoms with Crippen molar-refractivity contribution < 1.29 is 28.3 Å². The van der Waals surface area contributed by atoms with Crippen molar-refractivity contribution in [2.75, 3.05) is 13.6 Å². The summed E-state index contributed by atoms with van der Waals surface area (Å²) in [6.07, 6.45) is 1.82. The van der Waals surface area contributed by atoms with Crippen molar-refractivity contribution in [1.29, 1.82) is 0 Å². The summed E-state index contributed by atoms with van der Waals surface area (Å²) in [4.78, 5) is 39.6. The lowest BCUT2D eigenvalue weighted by atomic mass is 9.90. The van der Waals surface area contributed by atoms with Crippen LogP contribution in [-0.4, -0.2) is 53.4 Å². The fourth-order valence-corrected chi connectivity index (χ4v) is 3.61. The third-order valence-corrected chi connectivity index (χ3v) is 5.41. The van der Waals surface area contributed by atoms with E-state index in [1.54, 1.807) is 7.05 Å². The fourth-order valence-electron chi connectivity index (χ4n) is 3.61. The Morgan fingerprint density at radius 3 is 2.36 bits per heavy atom. The summed E-state index contributed by atoms with van der Waals surface area (Å²) in [7, 11) is 1.62. The molecule has 0 bridgehead atoms. The number of rotatable bonds is 6. The van der Waals surface area contributed by atoms with Crippen LogP contribution in [0.1, 0.15) is 30.1 Å². The molecule has 0 saturated heterocycles. The Kier molecular flexibility index (Phi) is 7.55. The molecule has 0 aromatic heterocycles. The highest BCUT2D eigenvalue weighted by molar-refractivity contribution is 5.93. The molecule has 3 rings (SSSR count). The zero-order valence-corrected chi connectivity index (χ0v) is 18.2. The van der Waals surface area contributed by atoms with Gasteiger partial charge in [-0.3, -0.25) is 14.4 Å². The average Bonchev–Trinajstić information content (AvgIpc) is 2.92. The van der Waals surface area contributed by atoms with Gasteiger partial charge in [0.05, 0.1) is 0 Å². The average molecular weight is 457 g/mol. The molecule has 3 amide bonds. The normalized spacial score (nSPS) is 20.0. The number of carbonyl (C=O) groups excluding carboxylic acids is 3. The van der Waals surface area contributed by atoms with Crippen molar-refractivity contribution >= 4 is 17.7 Å². The summed E-state index contributed by atoms with van der Waals surface area (Å²) < 4.78 is 26.8. The zero-order valence-electron chi connectivity index (χ0n) is 18.2. The zero-order chi connectivity index (χ0) is 24.1. The SMILES string of the molecule is C[C@H](NC(=O)[C@H](O)c1cc(F)cc(F)c1)C(=O)N[C@@H]1C(=O)N(C)CC=C[C@@H]1c1ccccc1. The van der Waals surface area contributed by atoms with E-state index < -0.39 is 47.6 Å². The van der Waals surface area contributed by atoms with Crippen molar-refractivity contribution in [3.63, 3.8) is 0 Å². The first-order valence-corrected chi connectivity index (χ1v) is 10.4. The van der Waals surface area contributed by atoms with E-state index in [4.69, 9.17) is 0 Å². The van der Waals surface area contributed by atoms with Gasteiger partial charge in [-0.05, 0) is 30.2 Å². The molecule has 1 heterocycles. The second-order valence-electron chi connectivity index (χ2n) is 7.91. The number of aliphatic hydroxyl groups is 1. The molecule has 33 heavy (non-hydrogen) atoms. The van der Waals surface area contributed by atoms with Gasteiger partial charge in [0.2, 0.25) is 11.8 Å². The van der Waals surface area contributed by atoms with E-state index in [1.165, 1.54) is 11.8 Å². The number of hydrogen-bond acceptors (Lipinski definition) is 4. The molecule has 7 nitrogen and oxygen atoms in total. The number of hydrogen-bond donors (Lipinski definition) is 3. The van der Waals surface area contributed by atoms with Crippen LogP contribution in [0.3, 0.4) is 0 Å². The number of nitrogens with zero attached hydrogens (tertiary/aromatic N) is 1. The van der Waals surface area contributed by atoms with Crippen LogP contribution in [0.5, 0.6) is 0 Å². The number of nitrogens with one attached hydrogen (secondary N) is 2. The third kappa shape index (κ3) is 5.81.